The Bertz CT molecular complexity index is 730. The maximum Gasteiger partial charge on any atom is 0.260 e. The van der Waals surface area contributed by atoms with Crippen LogP contribution in [0.3, 0.4) is 0 Å². The number of carbonyl (C=O) groups is 1. The second-order valence-electron chi connectivity index (χ2n) is 5.91. The van der Waals surface area contributed by atoms with Gasteiger partial charge in [0.05, 0.1) is 13.3 Å². The summed E-state index contributed by atoms with van der Waals surface area (Å²) < 4.78 is 11.2. The molecule has 0 aliphatic heterocycles. The Balaban J connectivity index is 1.90. The molecule has 0 unspecified atom stereocenters. The molecule has 0 heterocycles. The molecule has 1 amide bonds. The number of nitrogens with zero attached hydrogens (tertiary/aromatic N) is 1. The average molecular weight is 356 g/mol. The van der Waals surface area contributed by atoms with Crippen molar-refractivity contribution in [1.82, 2.24) is 5.32 Å². The van der Waals surface area contributed by atoms with Crippen LogP contribution in [-0.2, 0) is 16.2 Å². The van der Waals surface area contributed by atoms with Crippen LogP contribution in [0.1, 0.15) is 25.0 Å². The molecule has 0 fully saturated rings. The topological polar surface area (TPSA) is 69.2 Å². The first-order chi connectivity index (χ1) is 12.6. The lowest BCUT2D eigenvalue weighted by Gasteiger charge is -2.11. The highest BCUT2D eigenvalue weighted by atomic mass is 16.6. The number of methoxy groups -OCH3 is 1. The predicted molar refractivity (Wildman–Crippen MR) is 101 cm³/mol. The van der Waals surface area contributed by atoms with Gasteiger partial charge in [-0.2, -0.15) is 0 Å². The molecule has 2 aromatic rings. The quantitative estimate of drug-likeness (QED) is 0.553. The molecule has 6 nitrogen and oxygen atoms in total. The fraction of sp³-hybridized carbons (Fsp3) is 0.300. The van der Waals surface area contributed by atoms with Crippen molar-refractivity contribution >= 4 is 12.1 Å². The van der Waals surface area contributed by atoms with E-state index in [1.54, 1.807) is 13.2 Å². The Morgan fingerprint density at radius 2 is 1.92 bits per heavy atom. The van der Waals surface area contributed by atoms with Crippen LogP contribution in [0.4, 0.5) is 0 Å². The van der Waals surface area contributed by atoms with Crippen molar-refractivity contribution in [2.45, 2.75) is 26.5 Å². The van der Waals surface area contributed by atoms with Crippen LogP contribution in [0.25, 0.3) is 0 Å². The van der Waals surface area contributed by atoms with E-state index in [0.717, 1.165) is 11.1 Å². The molecule has 1 N–H and O–H groups in total. The first kappa shape index (κ1) is 19.3. The van der Waals surface area contributed by atoms with E-state index < -0.39 is 0 Å². The van der Waals surface area contributed by atoms with Gasteiger partial charge < -0.3 is 19.6 Å². The summed E-state index contributed by atoms with van der Waals surface area (Å²) in [5.74, 6) is 1.03. The predicted octanol–water partition coefficient (Wildman–Crippen LogP) is 3.15. The number of amides is 1. The molecule has 0 spiro atoms. The van der Waals surface area contributed by atoms with Crippen LogP contribution >= 0.6 is 0 Å². The molecule has 0 radical (unpaired) electrons. The van der Waals surface area contributed by atoms with Gasteiger partial charge in [0.2, 0.25) is 0 Å². The van der Waals surface area contributed by atoms with Gasteiger partial charge in [0.15, 0.2) is 18.1 Å². The van der Waals surface area contributed by atoms with Crippen LogP contribution in [0.15, 0.2) is 53.7 Å². The summed E-state index contributed by atoms with van der Waals surface area (Å²) in [4.78, 5) is 16.4. The van der Waals surface area contributed by atoms with Crippen LogP contribution in [0, 0.1) is 0 Å². The number of nitrogens with one attached hydrogen (secondary N) is 1. The second kappa shape index (κ2) is 10.1. The van der Waals surface area contributed by atoms with E-state index in [1.165, 1.54) is 6.21 Å². The lowest BCUT2D eigenvalue weighted by Crippen LogP contribution is -2.32. The molecule has 26 heavy (non-hydrogen) atoms. The Morgan fingerprint density at radius 1 is 1.15 bits per heavy atom. The van der Waals surface area contributed by atoms with Gasteiger partial charge in [-0.3, -0.25) is 4.79 Å². The standard InChI is InChI=1S/C20H24N2O4/c1-15(2)22-20(23)14-26-21-12-17-9-10-18(19(11-17)24-3)25-13-16-7-5-4-6-8-16/h4-12,15H,13-14H2,1-3H3,(H,22,23)/b21-12-. The first-order valence-corrected chi connectivity index (χ1v) is 8.38. The van der Waals surface area contributed by atoms with Gasteiger partial charge in [0, 0.05) is 11.6 Å². The Kier molecular flexibility index (Phi) is 7.49. The molecule has 0 aliphatic carbocycles. The number of hydrogen-bond donors (Lipinski definition) is 1. The van der Waals surface area contributed by atoms with Gasteiger partial charge in [0.1, 0.15) is 6.61 Å². The molecule has 6 heteroatoms. The minimum absolute atomic E-state index is 0.0720. The number of carbonyl (C=O) groups excluding carboxylic acids is 1. The Morgan fingerprint density at radius 3 is 2.62 bits per heavy atom. The van der Waals surface area contributed by atoms with Crippen molar-refractivity contribution in [2.24, 2.45) is 5.16 Å². The van der Waals surface area contributed by atoms with Crippen LogP contribution in [-0.4, -0.2) is 31.9 Å². The van der Waals surface area contributed by atoms with Crippen molar-refractivity contribution in [1.29, 1.82) is 0 Å². The highest BCUT2D eigenvalue weighted by Gasteiger charge is 2.06. The van der Waals surface area contributed by atoms with E-state index in [1.807, 2.05) is 56.3 Å². The number of benzene rings is 2. The lowest BCUT2D eigenvalue weighted by molar-refractivity contribution is -0.126. The zero-order chi connectivity index (χ0) is 18.8. The van der Waals surface area contributed by atoms with Gasteiger partial charge in [-0.15, -0.1) is 0 Å². The van der Waals surface area contributed by atoms with E-state index in [4.69, 9.17) is 14.3 Å². The highest BCUT2D eigenvalue weighted by molar-refractivity contribution is 5.81. The molecular weight excluding hydrogens is 332 g/mol. The minimum atomic E-state index is -0.209. The van der Waals surface area contributed by atoms with Gasteiger partial charge in [-0.05, 0) is 37.6 Å². The largest absolute Gasteiger partial charge is 0.493 e. The third-order valence-corrected chi connectivity index (χ3v) is 3.35. The molecule has 0 saturated heterocycles. The van der Waals surface area contributed by atoms with Gasteiger partial charge in [-0.1, -0.05) is 35.5 Å². The van der Waals surface area contributed by atoms with E-state index >= 15 is 0 Å². The molecule has 0 aromatic heterocycles. The van der Waals surface area contributed by atoms with E-state index in [-0.39, 0.29) is 18.6 Å². The van der Waals surface area contributed by atoms with Gasteiger partial charge in [0.25, 0.3) is 5.91 Å². The lowest BCUT2D eigenvalue weighted by atomic mass is 10.2. The van der Waals surface area contributed by atoms with Crippen molar-refractivity contribution < 1.29 is 19.1 Å². The average Bonchev–Trinajstić information content (AvgIpc) is 2.64. The normalized spacial score (nSPS) is 10.8. The monoisotopic (exact) mass is 356 g/mol. The van der Waals surface area contributed by atoms with Crippen LogP contribution in [0.5, 0.6) is 11.5 Å². The first-order valence-electron chi connectivity index (χ1n) is 8.38. The van der Waals surface area contributed by atoms with E-state index in [9.17, 15) is 4.79 Å². The van der Waals surface area contributed by atoms with Crippen molar-refractivity contribution in [2.75, 3.05) is 13.7 Å². The third-order valence-electron chi connectivity index (χ3n) is 3.35. The number of hydrogen-bond acceptors (Lipinski definition) is 5. The highest BCUT2D eigenvalue weighted by Crippen LogP contribution is 2.28. The zero-order valence-electron chi connectivity index (χ0n) is 15.3. The molecule has 138 valence electrons. The van der Waals surface area contributed by atoms with Crippen LogP contribution < -0.4 is 14.8 Å². The Labute approximate surface area is 153 Å². The summed E-state index contributed by atoms with van der Waals surface area (Å²) in [6.07, 6.45) is 1.52. The van der Waals surface area contributed by atoms with Crippen molar-refractivity contribution in [3.8, 4) is 11.5 Å². The smallest absolute Gasteiger partial charge is 0.260 e. The third kappa shape index (κ3) is 6.47. The summed E-state index contributed by atoms with van der Waals surface area (Å²) in [6, 6.07) is 15.4. The maximum atomic E-state index is 11.5. The molecule has 2 aromatic carbocycles. The summed E-state index contributed by atoms with van der Waals surface area (Å²) in [5.41, 5.74) is 1.85. The van der Waals surface area contributed by atoms with Crippen LogP contribution in [0.2, 0.25) is 0 Å². The Hall–Kier alpha value is -3.02. The fourth-order valence-electron chi connectivity index (χ4n) is 2.18. The number of rotatable bonds is 9. The van der Waals surface area contributed by atoms with Gasteiger partial charge >= 0.3 is 0 Å². The molecule has 0 saturated carbocycles. The zero-order valence-corrected chi connectivity index (χ0v) is 15.3. The summed E-state index contributed by atoms with van der Waals surface area (Å²) in [7, 11) is 1.58. The number of ether oxygens (including phenoxy) is 2. The molecule has 0 aliphatic rings. The summed E-state index contributed by atoms with van der Waals surface area (Å²) in [5, 5.41) is 6.53. The summed E-state index contributed by atoms with van der Waals surface area (Å²) in [6.45, 7) is 4.10. The molecule has 0 atom stereocenters. The SMILES string of the molecule is COc1cc(/C=N\OCC(=O)NC(C)C)ccc1OCc1ccccc1. The fourth-order valence-corrected chi connectivity index (χ4v) is 2.18. The van der Waals surface area contributed by atoms with E-state index in [0.29, 0.717) is 18.1 Å². The minimum Gasteiger partial charge on any atom is -0.493 e. The van der Waals surface area contributed by atoms with Gasteiger partial charge in [-0.25, -0.2) is 0 Å². The van der Waals surface area contributed by atoms with Crippen molar-refractivity contribution in [3.05, 3.63) is 59.7 Å². The van der Waals surface area contributed by atoms with Crippen molar-refractivity contribution in [3.63, 3.8) is 0 Å². The maximum absolute atomic E-state index is 11.5. The molecular formula is C20H24N2O4. The number of oxime groups is 1. The molecule has 2 rings (SSSR count). The molecule has 0 bridgehead atoms. The summed E-state index contributed by atoms with van der Waals surface area (Å²) >= 11 is 0. The second-order valence-corrected chi connectivity index (χ2v) is 5.91. The van der Waals surface area contributed by atoms with E-state index in [2.05, 4.69) is 10.5 Å².